The molecular weight excluding hydrogens is 346 g/mol. The zero-order chi connectivity index (χ0) is 17.0. The summed E-state index contributed by atoms with van der Waals surface area (Å²) in [4.78, 5) is 1.19. The lowest BCUT2D eigenvalue weighted by atomic mass is 10.3. The summed E-state index contributed by atoms with van der Waals surface area (Å²) in [5.74, 6) is 0.510. The van der Waals surface area contributed by atoms with Crippen molar-refractivity contribution in [3.63, 3.8) is 0 Å². The van der Waals surface area contributed by atoms with Crippen LogP contribution in [0.1, 0.15) is 10.4 Å². The third-order valence-electron chi connectivity index (χ3n) is 3.53. The van der Waals surface area contributed by atoms with Crippen LogP contribution in [-0.2, 0) is 23.1 Å². The van der Waals surface area contributed by atoms with Gasteiger partial charge in [0.25, 0.3) is 0 Å². The Morgan fingerprint density at radius 2 is 2.04 bits per heavy atom. The molecule has 0 amide bonds. The molecule has 0 N–H and O–H groups in total. The molecule has 3 rings (SSSR count). The highest BCUT2D eigenvalue weighted by molar-refractivity contribution is 7.89. The van der Waals surface area contributed by atoms with Gasteiger partial charge in [-0.05, 0) is 29.6 Å². The van der Waals surface area contributed by atoms with E-state index < -0.39 is 10.0 Å². The van der Waals surface area contributed by atoms with E-state index in [1.165, 1.54) is 35.1 Å². The highest BCUT2D eigenvalue weighted by Gasteiger charge is 2.26. The predicted octanol–water partition coefficient (Wildman–Crippen LogP) is 3.74. The van der Waals surface area contributed by atoms with Crippen molar-refractivity contribution in [1.82, 2.24) is 4.31 Å². The van der Waals surface area contributed by atoms with Crippen molar-refractivity contribution in [2.45, 2.75) is 18.0 Å². The van der Waals surface area contributed by atoms with Gasteiger partial charge < -0.3 is 9.15 Å². The number of hydrogen-bond acceptors (Lipinski definition) is 5. The molecule has 3 aromatic rings. The van der Waals surface area contributed by atoms with Gasteiger partial charge >= 0.3 is 0 Å². The Labute approximate surface area is 145 Å². The molecule has 0 atom stereocenters. The van der Waals surface area contributed by atoms with Crippen molar-refractivity contribution >= 4 is 21.4 Å². The van der Waals surface area contributed by atoms with Crippen LogP contribution < -0.4 is 4.74 Å². The molecule has 0 saturated carbocycles. The van der Waals surface area contributed by atoms with Gasteiger partial charge in [0.05, 0.1) is 24.5 Å². The quantitative estimate of drug-likeness (QED) is 0.642. The van der Waals surface area contributed by atoms with E-state index in [0.717, 1.165) is 10.4 Å². The standard InChI is InChI=1S/C17H17NO4S2/c1-21-15-4-2-6-17(10-15)24(19,20)18(11-14-7-8-22-13-14)12-16-5-3-9-23-16/h2-10,13H,11-12H2,1H3. The Hall–Kier alpha value is -2.09. The molecule has 0 saturated heterocycles. The van der Waals surface area contributed by atoms with E-state index in [1.54, 1.807) is 30.5 Å². The van der Waals surface area contributed by atoms with Gasteiger partial charge in [-0.1, -0.05) is 12.1 Å². The van der Waals surface area contributed by atoms with Gasteiger partial charge in [0.1, 0.15) is 5.75 Å². The monoisotopic (exact) mass is 363 g/mol. The van der Waals surface area contributed by atoms with E-state index in [4.69, 9.17) is 9.15 Å². The Bertz CT molecular complexity index is 835. The molecule has 0 bridgehead atoms. The van der Waals surface area contributed by atoms with Crippen LogP contribution in [0.5, 0.6) is 5.75 Å². The average Bonchev–Trinajstić information content (AvgIpc) is 3.28. The Morgan fingerprint density at radius 3 is 2.71 bits per heavy atom. The fourth-order valence-electron chi connectivity index (χ4n) is 2.30. The van der Waals surface area contributed by atoms with Crippen LogP contribution in [0.15, 0.2) is 69.7 Å². The van der Waals surface area contributed by atoms with Crippen LogP contribution in [0.3, 0.4) is 0 Å². The molecule has 1 aromatic carbocycles. The average molecular weight is 363 g/mol. The first-order valence-electron chi connectivity index (χ1n) is 7.27. The van der Waals surface area contributed by atoms with Crippen molar-refractivity contribution in [2.75, 3.05) is 7.11 Å². The second kappa shape index (κ2) is 7.21. The summed E-state index contributed by atoms with van der Waals surface area (Å²) in [6.45, 7) is 0.552. The summed E-state index contributed by atoms with van der Waals surface area (Å²) >= 11 is 1.53. The maximum absolute atomic E-state index is 13.1. The van der Waals surface area contributed by atoms with E-state index in [0.29, 0.717) is 12.3 Å². The van der Waals surface area contributed by atoms with Crippen LogP contribution in [-0.4, -0.2) is 19.8 Å². The molecule has 24 heavy (non-hydrogen) atoms. The van der Waals surface area contributed by atoms with Crippen molar-refractivity contribution in [3.05, 3.63) is 70.8 Å². The largest absolute Gasteiger partial charge is 0.497 e. The van der Waals surface area contributed by atoms with Crippen molar-refractivity contribution in [2.24, 2.45) is 0 Å². The van der Waals surface area contributed by atoms with Gasteiger partial charge in [-0.15, -0.1) is 11.3 Å². The van der Waals surface area contributed by atoms with E-state index in [1.807, 2.05) is 17.5 Å². The Kier molecular flexibility index (Phi) is 5.03. The van der Waals surface area contributed by atoms with Crippen LogP contribution >= 0.6 is 11.3 Å². The summed E-state index contributed by atoms with van der Waals surface area (Å²) in [5.41, 5.74) is 0.804. The number of ether oxygens (including phenoxy) is 1. The molecule has 0 unspecified atom stereocenters. The van der Waals surface area contributed by atoms with Crippen molar-refractivity contribution in [3.8, 4) is 5.75 Å². The number of benzene rings is 1. The fourth-order valence-corrected chi connectivity index (χ4v) is 4.54. The molecule has 126 valence electrons. The zero-order valence-electron chi connectivity index (χ0n) is 13.1. The summed E-state index contributed by atoms with van der Waals surface area (Å²) in [6.07, 6.45) is 3.10. The Morgan fingerprint density at radius 1 is 1.17 bits per heavy atom. The summed E-state index contributed by atoms with van der Waals surface area (Å²) < 4.78 is 37.8. The van der Waals surface area contributed by atoms with E-state index >= 15 is 0 Å². The van der Waals surface area contributed by atoms with E-state index in [-0.39, 0.29) is 11.4 Å². The minimum absolute atomic E-state index is 0.210. The molecule has 0 aliphatic heterocycles. The first-order chi connectivity index (χ1) is 11.6. The first kappa shape index (κ1) is 16.8. The van der Waals surface area contributed by atoms with Gasteiger partial charge in [-0.25, -0.2) is 8.42 Å². The van der Waals surface area contributed by atoms with Crippen LogP contribution in [0.25, 0.3) is 0 Å². The van der Waals surface area contributed by atoms with Crippen LogP contribution in [0.4, 0.5) is 0 Å². The molecule has 0 aliphatic carbocycles. The second-order valence-corrected chi connectivity index (χ2v) is 8.13. The minimum atomic E-state index is -3.67. The smallest absolute Gasteiger partial charge is 0.243 e. The lowest BCUT2D eigenvalue weighted by Crippen LogP contribution is -2.29. The lowest BCUT2D eigenvalue weighted by Gasteiger charge is -2.21. The van der Waals surface area contributed by atoms with Gasteiger partial charge in [0, 0.05) is 29.6 Å². The summed E-state index contributed by atoms with van der Waals surface area (Å²) in [6, 6.07) is 12.1. The van der Waals surface area contributed by atoms with Crippen LogP contribution in [0, 0.1) is 0 Å². The number of furan rings is 1. The van der Waals surface area contributed by atoms with Crippen molar-refractivity contribution < 1.29 is 17.6 Å². The number of nitrogens with zero attached hydrogens (tertiary/aromatic N) is 1. The molecular formula is C17H17NO4S2. The minimum Gasteiger partial charge on any atom is -0.497 e. The molecule has 5 nitrogen and oxygen atoms in total. The maximum atomic E-state index is 13.1. The normalized spacial score (nSPS) is 11.8. The van der Waals surface area contributed by atoms with E-state index in [9.17, 15) is 8.42 Å². The van der Waals surface area contributed by atoms with Gasteiger partial charge in [-0.3, -0.25) is 0 Å². The molecule has 7 heteroatoms. The molecule has 0 aliphatic rings. The highest BCUT2D eigenvalue weighted by Crippen LogP contribution is 2.25. The third-order valence-corrected chi connectivity index (χ3v) is 6.18. The van der Waals surface area contributed by atoms with Gasteiger partial charge in [0.2, 0.25) is 10.0 Å². The Balaban J connectivity index is 1.95. The zero-order valence-corrected chi connectivity index (χ0v) is 14.7. The lowest BCUT2D eigenvalue weighted by molar-refractivity contribution is 0.398. The van der Waals surface area contributed by atoms with Crippen molar-refractivity contribution in [1.29, 1.82) is 0 Å². The molecule has 0 radical (unpaired) electrons. The van der Waals surface area contributed by atoms with Gasteiger partial charge in [-0.2, -0.15) is 4.31 Å². The van der Waals surface area contributed by atoms with Gasteiger partial charge in [0.15, 0.2) is 0 Å². The third kappa shape index (κ3) is 3.69. The predicted molar refractivity (Wildman–Crippen MR) is 92.5 cm³/mol. The topological polar surface area (TPSA) is 59.8 Å². The van der Waals surface area contributed by atoms with Crippen LogP contribution in [0.2, 0.25) is 0 Å². The maximum Gasteiger partial charge on any atom is 0.243 e. The SMILES string of the molecule is COc1cccc(S(=O)(=O)N(Cc2ccoc2)Cc2cccs2)c1. The molecule has 0 spiro atoms. The number of sulfonamides is 1. The number of hydrogen-bond donors (Lipinski definition) is 0. The van der Waals surface area contributed by atoms with E-state index in [2.05, 4.69) is 0 Å². The first-order valence-corrected chi connectivity index (χ1v) is 9.59. The fraction of sp³-hybridized carbons (Fsp3) is 0.176. The molecule has 2 aromatic heterocycles. The summed E-state index contributed by atoms with van der Waals surface area (Å²) in [7, 11) is -2.15. The highest BCUT2D eigenvalue weighted by atomic mass is 32.2. The number of rotatable bonds is 7. The summed E-state index contributed by atoms with van der Waals surface area (Å²) in [5, 5.41) is 1.93. The molecule has 0 fully saturated rings. The number of thiophene rings is 1. The second-order valence-electron chi connectivity index (χ2n) is 5.16. The number of methoxy groups -OCH3 is 1. The molecule has 2 heterocycles.